The van der Waals surface area contributed by atoms with Gasteiger partial charge in [0.25, 0.3) is 0 Å². The van der Waals surface area contributed by atoms with Gasteiger partial charge in [-0.25, -0.2) is 9.18 Å². The number of piperidine rings is 1. The first-order valence-corrected chi connectivity index (χ1v) is 8.33. The number of ether oxygens (including phenoxy) is 1. The summed E-state index contributed by atoms with van der Waals surface area (Å²) in [6.07, 6.45) is 0.730. The van der Waals surface area contributed by atoms with Crippen LogP contribution in [0.25, 0.3) is 0 Å². The number of halogens is 1. The topological polar surface area (TPSA) is 82.4 Å². The lowest BCUT2D eigenvalue weighted by atomic mass is 9.96. The number of likely N-dealkylation sites (tertiary alicyclic amines) is 1. The minimum atomic E-state index is -0.617. The summed E-state index contributed by atoms with van der Waals surface area (Å²) in [7, 11) is 0. The molecule has 0 aromatic heterocycles. The molecule has 2 rings (SSSR count). The molecule has 6 nitrogen and oxygen atoms in total. The standard InChI is InChI=1S/C18H22FN3O3/c1-12(2)11-25-18(24)22-7-5-13(6-8-22)17(23)21-15-3-4-16(19)14(9-15)10-20/h3-4,9,12-13H,5-8,11H2,1-2H3,(H,21,23). The van der Waals surface area contributed by atoms with Crippen LogP contribution in [-0.2, 0) is 9.53 Å². The van der Waals surface area contributed by atoms with E-state index in [-0.39, 0.29) is 29.4 Å². The van der Waals surface area contributed by atoms with Gasteiger partial charge in [-0.05, 0) is 37.0 Å². The summed E-state index contributed by atoms with van der Waals surface area (Å²) < 4.78 is 18.5. The number of carbonyl (C=O) groups is 2. The van der Waals surface area contributed by atoms with Crippen LogP contribution in [0.15, 0.2) is 18.2 Å². The molecule has 25 heavy (non-hydrogen) atoms. The molecule has 0 unspecified atom stereocenters. The van der Waals surface area contributed by atoms with Crippen LogP contribution in [0, 0.1) is 29.0 Å². The lowest BCUT2D eigenvalue weighted by Crippen LogP contribution is -2.42. The minimum Gasteiger partial charge on any atom is -0.449 e. The quantitative estimate of drug-likeness (QED) is 0.907. The molecule has 2 amide bonds. The van der Waals surface area contributed by atoms with Crippen LogP contribution in [0.4, 0.5) is 14.9 Å². The van der Waals surface area contributed by atoms with Gasteiger partial charge < -0.3 is 15.0 Å². The Morgan fingerprint density at radius 3 is 2.68 bits per heavy atom. The van der Waals surface area contributed by atoms with Crippen molar-refractivity contribution in [2.75, 3.05) is 25.0 Å². The van der Waals surface area contributed by atoms with E-state index in [0.29, 0.717) is 38.2 Å². The molecule has 134 valence electrons. The predicted molar refractivity (Wildman–Crippen MR) is 90.2 cm³/mol. The maximum atomic E-state index is 13.3. The molecule has 0 saturated carbocycles. The lowest BCUT2D eigenvalue weighted by molar-refractivity contribution is -0.121. The van der Waals surface area contributed by atoms with Crippen LogP contribution in [0.3, 0.4) is 0 Å². The van der Waals surface area contributed by atoms with Gasteiger partial charge in [-0.15, -0.1) is 0 Å². The molecule has 1 aromatic rings. The zero-order valence-electron chi connectivity index (χ0n) is 14.4. The van der Waals surface area contributed by atoms with E-state index in [1.54, 1.807) is 11.0 Å². The molecule has 0 spiro atoms. The van der Waals surface area contributed by atoms with E-state index in [4.69, 9.17) is 10.00 Å². The Kier molecular flexibility index (Phi) is 6.34. The number of hydrogen-bond acceptors (Lipinski definition) is 4. The summed E-state index contributed by atoms with van der Waals surface area (Å²) in [5.74, 6) is -0.759. The van der Waals surface area contributed by atoms with Crippen molar-refractivity contribution in [2.45, 2.75) is 26.7 Å². The maximum absolute atomic E-state index is 13.3. The van der Waals surface area contributed by atoms with Gasteiger partial charge in [0, 0.05) is 24.7 Å². The van der Waals surface area contributed by atoms with E-state index in [1.807, 2.05) is 13.8 Å². The van der Waals surface area contributed by atoms with Crippen LogP contribution >= 0.6 is 0 Å². The minimum absolute atomic E-state index is 0.111. The SMILES string of the molecule is CC(C)COC(=O)N1CCC(C(=O)Nc2ccc(F)c(C#N)c2)CC1. The van der Waals surface area contributed by atoms with Crippen LogP contribution in [-0.4, -0.2) is 36.6 Å². The van der Waals surface area contributed by atoms with E-state index in [2.05, 4.69) is 5.32 Å². The molecular weight excluding hydrogens is 325 g/mol. The predicted octanol–water partition coefficient (Wildman–Crippen LogP) is 3.14. The molecule has 0 atom stereocenters. The van der Waals surface area contributed by atoms with Crippen LogP contribution in [0.2, 0.25) is 0 Å². The summed E-state index contributed by atoms with van der Waals surface area (Å²) in [4.78, 5) is 25.8. The Morgan fingerprint density at radius 1 is 1.40 bits per heavy atom. The first-order valence-electron chi connectivity index (χ1n) is 8.33. The van der Waals surface area contributed by atoms with Crippen molar-refractivity contribution in [2.24, 2.45) is 11.8 Å². The second kappa shape index (κ2) is 8.47. The van der Waals surface area contributed by atoms with Crippen molar-refractivity contribution >= 4 is 17.7 Å². The van der Waals surface area contributed by atoms with Gasteiger partial charge in [0.1, 0.15) is 11.9 Å². The normalized spacial score (nSPS) is 14.9. The van der Waals surface area contributed by atoms with Crippen LogP contribution in [0.5, 0.6) is 0 Å². The van der Waals surface area contributed by atoms with Gasteiger partial charge in [0.05, 0.1) is 12.2 Å². The number of carbonyl (C=O) groups excluding carboxylic acids is 2. The zero-order valence-corrected chi connectivity index (χ0v) is 14.4. The number of anilines is 1. The van der Waals surface area contributed by atoms with E-state index < -0.39 is 5.82 Å². The number of nitrogens with zero attached hydrogens (tertiary/aromatic N) is 2. The third-order valence-corrected chi connectivity index (χ3v) is 4.02. The molecule has 0 radical (unpaired) electrons. The summed E-state index contributed by atoms with van der Waals surface area (Å²) in [6.45, 7) is 5.24. The first-order chi connectivity index (χ1) is 11.9. The fourth-order valence-electron chi connectivity index (χ4n) is 2.59. The van der Waals surface area contributed by atoms with Crippen molar-refractivity contribution in [3.05, 3.63) is 29.6 Å². The Balaban J connectivity index is 1.85. The highest BCUT2D eigenvalue weighted by atomic mass is 19.1. The summed E-state index contributed by atoms with van der Waals surface area (Å²) in [5.41, 5.74) is 0.280. The molecule has 1 aromatic carbocycles. The molecular formula is C18H22FN3O3. The molecule has 1 aliphatic heterocycles. The molecule has 0 bridgehead atoms. The molecule has 7 heteroatoms. The Morgan fingerprint density at radius 2 is 2.08 bits per heavy atom. The van der Waals surface area contributed by atoms with Crippen LogP contribution < -0.4 is 5.32 Å². The lowest BCUT2D eigenvalue weighted by Gasteiger charge is -2.30. The Labute approximate surface area is 146 Å². The van der Waals surface area contributed by atoms with E-state index in [1.165, 1.54) is 12.1 Å². The molecule has 0 aliphatic carbocycles. The highest BCUT2D eigenvalue weighted by Crippen LogP contribution is 2.21. The fraction of sp³-hybridized carbons (Fsp3) is 0.500. The van der Waals surface area contributed by atoms with Gasteiger partial charge >= 0.3 is 6.09 Å². The van der Waals surface area contributed by atoms with Crippen molar-refractivity contribution in [3.8, 4) is 6.07 Å². The number of rotatable bonds is 4. The van der Waals surface area contributed by atoms with Gasteiger partial charge in [0.15, 0.2) is 0 Å². The van der Waals surface area contributed by atoms with Crippen LogP contribution in [0.1, 0.15) is 32.3 Å². The molecule has 1 aliphatic rings. The van der Waals surface area contributed by atoms with Gasteiger partial charge in [-0.2, -0.15) is 5.26 Å². The number of benzene rings is 1. The molecule has 1 heterocycles. The van der Waals surface area contributed by atoms with Crippen molar-refractivity contribution in [1.29, 1.82) is 5.26 Å². The van der Waals surface area contributed by atoms with Crippen molar-refractivity contribution < 1.29 is 18.7 Å². The number of nitriles is 1. The van der Waals surface area contributed by atoms with E-state index in [9.17, 15) is 14.0 Å². The summed E-state index contributed by atoms with van der Waals surface area (Å²) >= 11 is 0. The third kappa shape index (κ3) is 5.18. The Hall–Kier alpha value is -2.62. The average Bonchev–Trinajstić information content (AvgIpc) is 2.61. The summed E-state index contributed by atoms with van der Waals surface area (Å²) in [5, 5.41) is 11.5. The smallest absolute Gasteiger partial charge is 0.409 e. The Bertz CT molecular complexity index is 677. The van der Waals surface area contributed by atoms with Crippen molar-refractivity contribution in [1.82, 2.24) is 4.90 Å². The number of nitrogens with one attached hydrogen (secondary N) is 1. The maximum Gasteiger partial charge on any atom is 0.409 e. The zero-order chi connectivity index (χ0) is 18.4. The highest BCUT2D eigenvalue weighted by Gasteiger charge is 2.28. The average molecular weight is 347 g/mol. The van der Waals surface area contributed by atoms with Gasteiger partial charge in [0.2, 0.25) is 5.91 Å². The molecule has 1 fully saturated rings. The van der Waals surface area contributed by atoms with Gasteiger partial charge in [-0.1, -0.05) is 13.8 Å². The van der Waals surface area contributed by atoms with Crippen molar-refractivity contribution in [3.63, 3.8) is 0 Å². The van der Waals surface area contributed by atoms with Gasteiger partial charge in [-0.3, -0.25) is 4.79 Å². The molecule has 1 N–H and O–H groups in total. The third-order valence-electron chi connectivity index (χ3n) is 4.02. The second-order valence-corrected chi connectivity index (χ2v) is 6.53. The first kappa shape index (κ1) is 18.7. The highest BCUT2D eigenvalue weighted by molar-refractivity contribution is 5.92. The fourth-order valence-corrected chi connectivity index (χ4v) is 2.59. The largest absolute Gasteiger partial charge is 0.449 e. The van der Waals surface area contributed by atoms with E-state index in [0.717, 1.165) is 6.07 Å². The summed E-state index contributed by atoms with van der Waals surface area (Å²) in [6, 6.07) is 5.63. The second-order valence-electron chi connectivity index (χ2n) is 6.53. The number of hydrogen-bond donors (Lipinski definition) is 1. The molecule has 1 saturated heterocycles. The monoisotopic (exact) mass is 347 g/mol. The van der Waals surface area contributed by atoms with E-state index >= 15 is 0 Å². The number of amides is 2.